The van der Waals surface area contributed by atoms with Crippen LogP contribution in [0, 0.1) is 6.92 Å². The van der Waals surface area contributed by atoms with Gasteiger partial charge in [0.2, 0.25) is 5.95 Å². The number of aryl methyl sites for hydroxylation is 1. The van der Waals surface area contributed by atoms with E-state index >= 15 is 0 Å². The van der Waals surface area contributed by atoms with Crippen molar-refractivity contribution in [1.82, 2.24) is 25.5 Å². The highest BCUT2D eigenvalue weighted by molar-refractivity contribution is 6.31. The van der Waals surface area contributed by atoms with Crippen molar-refractivity contribution in [2.45, 2.75) is 6.92 Å². The van der Waals surface area contributed by atoms with Crippen LogP contribution in [0.3, 0.4) is 0 Å². The van der Waals surface area contributed by atoms with Gasteiger partial charge < -0.3 is 20.4 Å². The summed E-state index contributed by atoms with van der Waals surface area (Å²) in [5, 5.41) is 14.7. The number of pyridine rings is 1. The van der Waals surface area contributed by atoms with Crippen molar-refractivity contribution in [3.63, 3.8) is 0 Å². The molecule has 8 nitrogen and oxygen atoms in total. The number of benzene rings is 2. The monoisotopic (exact) mass is 434 g/mol. The summed E-state index contributed by atoms with van der Waals surface area (Å²) in [5.74, 6) is 2.00. The molecule has 9 heteroatoms. The molecule has 0 saturated heterocycles. The number of carbonyl (C=O) groups is 1. The highest BCUT2D eigenvalue weighted by Crippen LogP contribution is 2.26. The summed E-state index contributed by atoms with van der Waals surface area (Å²) in [5.41, 5.74) is 2.97. The van der Waals surface area contributed by atoms with Crippen LogP contribution in [0.2, 0.25) is 5.02 Å². The van der Waals surface area contributed by atoms with E-state index in [-0.39, 0.29) is 11.6 Å². The molecule has 0 fully saturated rings. The van der Waals surface area contributed by atoms with Gasteiger partial charge in [0, 0.05) is 35.6 Å². The fourth-order valence-electron chi connectivity index (χ4n) is 2.85. The van der Waals surface area contributed by atoms with Crippen LogP contribution >= 0.6 is 11.6 Å². The highest BCUT2D eigenvalue weighted by atomic mass is 35.5. The topological polar surface area (TPSA) is 105 Å². The predicted octanol–water partition coefficient (Wildman–Crippen LogP) is 4.72. The van der Waals surface area contributed by atoms with E-state index in [1.807, 2.05) is 49.4 Å². The average molecular weight is 435 g/mol. The minimum Gasteiger partial charge on any atom is -0.457 e. The van der Waals surface area contributed by atoms with E-state index in [1.165, 1.54) is 6.20 Å². The van der Waals surface area contributed by atoms with Crippen LogP contribution in [0.5, 0.6) is 11.5 Å². The third-order valence-corrected chi connectivity index (χ3v) is 4.89. The molecule has 0 unspecified atom stereocenters. The zero-order valence-corrected chi connectivity index (χ0v) is 17.6. The van der Waals surface area contributed by atoms with Crippen LogP contribution in [0.25, 0.3) is 11.4 Å². The Balaban J connectivity index is 1.45. The molecule has 0 saturated carbocycles. The van der Waals surface area contributed by atoms with Gasteiger partial charge in [0.1, 0.15) is 17.2 Å². The summed E-state index contributed by atoms with van der Waals surface area (Å²) in [7, 11) is 1.55. The first kappa shape index (κ1) is 20.4. The first-order chi connectivity index (χ1) is 15.0. The Kier molecular flexibility index (Phi) is 5.81. The maximum Gasteiger partial charge on any atom is 0.269 e. The molecule has 0 aliphatic heterocycles. The number of rotatable bonds is 6. The number of ether oxygens (including phenoxy) is 1. The van der Waals surface area contributed by atoms with Crippen LogP contribution in [-0.2, 0) is 0 Å². The quantitative estimate of drug-likeness (QED) is 0.405. The normalized spacial score (nSPS) is 10.5. The van der Waals surface area contributed by atoms with Crippen molar-refractivity contribution in [3.8, 4) is 22.9 Å². The van der Waals surface area contributed by atoms with Gasteiger partial charge in [-0.2, -0.15) is 0 Å². The standard InChI is InChI=1S/C22H19ClN6O2/c1-13-11-15(5-8-18(13)23)26-22-27-20(28-29-22)14-3-6-16(7-4-14)31-17-9-10-25-19(12-17)21(30)24-2/h3-12H,1-2H3,(H,24,30)(H2,26,27,28,29). The van der Waals surface area contributed by atoms with Gasteiger partial charge in [-0.3, -0.25) is 9.78 Å². The lowest BCUT2D eigenvalue weighted by atomic mass is 10.2. The molecule has 0 radical (unpaired) electrons. The Bertz CT molecular complexity index is 1220. The van der Waals surface area contributed by atoms with Crippen molar-refractivity contribution in [2.24, 2.45) is 0 Å². The van der Waals surface area contributed by atoms with Crippen LogP contribution in [0.15, 0.2) is 60.8 Å². The van der Waals surface area contributed by atoms with Gasteiger partial charge in [0.15, 0.2) is 5.82 Å². The van der Waals surface area contributed by atoms with Crippen molar-refractivity contribution in [3.05, 3.63) is 77.1 Å². The molecular formula is C22H19ClN6O2. The summed E-state index contributed by atoms with van der Waals surface area (Å²) >= 11 is 6.07. The summed E-state index contributed by atoms with van der Waals surface area (Å²) in [6.45, 7) is 1.94. The number of aromatic nitrogens is 4. The molecule has 2 aromatic carbocycles. The van der Waals surface area contributed by atoms with Crippen LogP contribution < -0.4 is 15.4 Å². The summed E-state index contributed by atoms with van der Waals surface area (Å²) in [6.07, 6.45) is 1.53. The third-order valence-electron chi connectivity index (χ3n) is 4.46. The van der Waals surface area contributed by atoms with Crippen LogP contribution in [0.1, 0.15) is 16.1 Å². The molecule has 3 N–H and O–H groups in total. The molecule has 4 rings (SSSR count). The van der Waals surface area contributed by atoms with Gasteiger partial charge in [0.25, 0.3) is 5.91 Å². The number of nitrogens with zero attached hydrogens (tertiary/aromatic N) is 3. The van der Waals surface area contributed by atoms with Crippen LogP contribution in [0.4, 0.5) is 11.6 Å². The number of hydrogen-bond donors (Lipinski definition) is 3. The van der Waals surface area contributed by atoms with E-state index in [0.717, 1.165) is 16.8 Å². The Morgan fingerprint density at radius 1 is 1.03 bits per heavy atom. The molecular weight excluding hydrogens is 416 g/mol. The number of halogens is 1. The number of anilines is 2. The number of H-pyrrole nitrogens is 1. The number of nitrogens with one attached hydrogen (secondary N) is 3. The molecule has 0 spiro atoms. The van der Waals surface area contributed by atoms with E-state index < -0.39 is 0 Å². The van der Waals surface area contributed by atoms with Crippen molar-refractivity contribution in [2.75, 3.05) is 12.4 Å². The second-order valence-electron chi connectivity index (χ2n) is 6.69. The minimum atomic E-state index is -0.274. The first-order valence-electron chi connectivity index (χ1n) is 9.44. The Morgan fingerprint density at radius 3 is 2.58 bits per heavy atom. The number of amides is 1. The molecule has 31 heavy (non-hydrogen) atoms. The lowest BCUT2D eigenvalue weighted by Crippen LogP contribution is -2.18. The lowest BCUT2D eigenvalue weighted by Gasteiger charge is -2.07. The summed E-state index contributed by atoms with van der Waals surface area (Å²) < 4.78 is 5.82. The molecule has 1 amide bonds. The predicted molar refractivity (Wildman–Crippen MR) is 119 cm³/mol. The van der Waals surface area contributed by atoms with Crippen molar-refractivity contribution >= 4 is 29.1 Å². The van der Waals surface area contributed by atoms with Gasteiger partial charge in [-0.1, -0.05) is 11.6 Å². The molecule has 0 aliphatic carbocycles. The Labute approximate surface area is 183 Å². The summed E-state index contributed by atoms with van der Waals surface area (Å²) in [4.78, 5) is 18.9. The first-order valence-corrected chi connectivity index (χ1v) is 9.82. The molecule has 2 heterocycles. The highest BCUT2D eigenvalue weighted by Gasteiger charge is 2.09. The second kappa shape index (κ2) is 8.85. The SMILES string of the molecule is CNC(=O)c1cc(Oc2ccc(-c3nnc(Nc4ccc(Cl)c(C)c4)[nH]3)cc2)ccn1. The van der Waals surface area contributed by atoms with Gasteiger partial charge in [-0.25, -0.2) is 0 Å². The Morgan fingerprint density at radius 2 is 1.84 bits per heavy atom. The van der Waals surface area contributed by atoms with E-state index in [9.17, 15) is 4.79 Å². The second-order valence-corrected chi connectivity index (χ2v) is 7.10. The minimum absolute atomic E-state index is 0.274. The van der Waals surface area contributed by atoms with Gasteiger partial charge in [-0.05, 0) is 61.0 Å². The molecule has 0 bridgehead atoms. The molecule has 0 atom stereocenters. The maximum atomic E-state index is 11.7. The van der Waals surface area contributed by atoms with Gasteiger partial charge in [-0.15, -0.1) is 10.2 Å². The molecule has 2 aromatic heterocycles. The Hall–Kier alpha value is -3.91. The summed E-state index contributed by atoms with van der Waals surface area (Å²) in [6, 6.07) is 16.3. The number of aromatic amines is 1. The zero-order valence-electron chi connectivity index (χ0n) is 16.8. The van der Waals surface area contributed by atoms with Gasteiger partial charge >= 0.3 is 0 Å². The van der Waals surface area contributed by atoms with Crippen molar-refractivity contribution in [1.29, 1.82) is 0 Å². The fourth-order valence-corrected chi connectivity index (χ4v) is 2.97. The molecule has 0 aliphatic rings. The largest absolute Gasteiger partial charge is 0.457 e. The number of carbonyl (C=O) groups excluding carboxylic acids is 1. The maximum absolute atomic E-state index is 11.7. The molecule has 156 valence electrons. The van der Waals surface area contributed by atoms with Crippen molar-refractivity contribution < 1.29 is 9.53 Å². The third kappa shape index (κ3) is 4.81. The average Bonchev–Trinajstić information content (AvgIpc) is 3.25. The van der Waals surface area contributed by atoms with E-state index in [1.54, 1.807) is 19.2 Å². The van der Waals surface area contributed by atoms with E-state index in [0.29, 0.717) is 28.3 Å². The lowest BCUT2D eigenvalue weighted by molar-refractivity contribution is 0.0958. The van der Waals surface area contributed by atoms with E-state index in [2.05, 4.69) is 30.8 Å². The van der Waals surface area contributed by atoms with E-state index in [4.69, 9.17) is 16.3 Å². The molecule has 4 aromatic rings. The van der Waals surface area contributed by atoms with Gasteiger partial charge in [0.05, 0.1) is 0 Å². The smallest absolute Gasteiger partial charge is 0.269 e. The van der Waals surface area contributed by atoms with Crippen LogP contribution in [-0.4, -0.2) is 33.1 Å². The fraction of sp³-hybridized carbons (Fsp3) is 0.0909. The number of hydrogen-bond acceptors (Lipinski definition) is 6. The zero-order chi connectivity index (χ0) is 21.8.